The third-order valence-electron chi connectivity index (χ3n) is 5.36. The molecule has 2 atom stereocenters. The monoisotopic (exact) mass is 437 g/mol. The van der Waals surface area contributed by atoms with Gasteiger partial charge in [0.2, 0.25) is 5.91 Å². The fourth-order valence-electron chi connectivity index (χ4n) is 3.77. The zero-order valence-electron chi connectivity index (χ0n) is 17.7. The zero-order chi connectivity index (χ0) is 22.8. The molecule has 3 rings (SSSR count). The summed E-state index contributed by atoms with van der Waals surface area (Å²) < 4.78 is 39.5. The molecule has 1 saturated carbocycles. The van der Waals surface area contributed by atoms with Crippen molar-refractivity contribution in [2.45, 2.75) is 64.7 Å². The third kappa shape index (κ3) is 5.42. The van der Waals surface area contributed by atoms with Gasteiger partial charge in [0.15, 0.2) is 5.82 Å². The number of hydrogen-bond acceptors (Lipinski definition) is 4. The molecule has 2 N–H and O–H groups in total. The van der Waals surface area contributed by atoms with Crippen LogP contribution < -0.4 is 10.6 Å². The molecule has 10 heteroatoms. The van der Waals surface area contributed by atoms with Gasteiger partial charge in [-0.15, -0.1) is 0 Å². The number of pyridine rings is 1. The van der Waals surface area contributed by atoms with E-state index in [0.29, 0.717) is 17.7 Å². The first kappa shape index (κ1) is 22.8. The quantitative estimate of drug-likeness (QED) is 0.750. The molecule has 1 fully saturated rings. The minimum atomic E-state index is -4.47. The second kappa shape index (κ2) is 9.07. The molecule has 168 valence electrons. The summed E-state index contributed by atoms with van der Waals surface area (Å²) >= 11 is 0. The van der Waals surface area contributed by atoms with Gasteiger partial charge in [0, 0.05) is 24.2 Å². The molecule has 0 saturated heterocycles. The summed E-state index contributed by atoms with van der Waals surface area (Å²) in [5.41, 5.74) is -0.0718. The highest BCUT2D eigenvalue weighted by Gasteiger charge is 2.31. The first-order valence-corrected chi connectivity index (χ1v) is 10.3. The van der Waals surface area contributed by atoms with Crippen molar-refractivity contribution in [1.29, 1.82) is 0 Å². The Morgan fingerprint density at radius 3 is 2.55 bits per heavy atom. The van der Waals surface area contributed by atoms with E-state index in [0.717, 1.165) is 31.5 Å². The van der Waals surface area contributed by atoms with Crippen LogP contribution in [-0.2, 0) is 11.0 Å². The van der Waals surface area contributed by atoms with Crippen LogP contribution in [0.4, 0.5) is 13.2 Å². The first-order valence-electron chi connectivity index (χ1n) is 10.3. The summed E-state index contributed by atoms with van der Waals surface area (Å²) in [6.45, 7) is 5.47. The molecule has 2 aromatic heterocycles. The van der Waals surface area contributed by atoms with E-state index in [4.69, 9.17) is 0 Å². The molecule has 0 aromatic carbocycles. The van der Waals surface area contributed by atoms with Crippen LogP contribution in [0, 0.1) is 12.8 Å². The number of hydrogen-bond donors (Lipinski definition) is 2. The Bertz CT molecular complexity index is 937. The lowest BCUT2D eigenvalue weighted by atomic mass is 9.85. The number of amides is 2. The Morgan fingerprint density at radius 1 is 1.19 bits per heavy atom. The smallest absolute Gasteiger partial charge is 0.354 e. The third-order valence-corrected chi connectivity index (χ3v) is 5.36. The van der Waals surface area contributed by atoms with Crippen molar-refractivity contribution in [2.24, 2.45) is 5.92 Å². The van der Waals surface area contributed by atoms with E-state index in [2.05, 4.69) is 20.7 Å². The fraction of sp³-hybridized carbons (Fsp3) is 0.524. The minimum absolute atomic E-state index is 0.00586. The molecule has 0 spiro atoms. The second-order valence-corrected chi connectivity index (χ2v) is 8.16. The van der Waals surface area contributed by atoms with E-state index in [1.165, 1.54) is 16.9 Å². The van der Waals surface area contributed by atoms with Gasteiger partial charge < -0.3 is 10.6 Å². The van der Waals surface area contributed by atoms with Gasteiger partial charge in [-0.2, -0.15) is 18.3 Å². The van der Waals surface area contributed by atoms with Crippen molar-refractivity contribution >= 4 is 11.8 Å². The standard InChI is InChI=1S/C21H26F3N5O2/c1-12(2)27-19(30)14-5-4-6-16(9-14)28-20(31)17-11-26-29(13(17)3)18-8-7-15(10-25-18)21(22,23)24/h7-8,10-12,14,16H,4-6,9H2,1-3H3,(H,27,30)(H,28,31). The Kier molecular flexibility index (Phi) is 6.66. The maximum Gasteiger partial charge on any atom is 0.417 e. The van der Waals surface area contributed by atoms with Gasteiger partial charge in [-0.25, -0.2) is 9.67 Å². The van der Waals surface area contributed by atoms with Gasteiger partial charge >= 0.3 is 6.18 Å². The minimum Gasteiger partial charge on any atom is -0.354 e. The molecule has 0 bridgehead atoms. The van der Waals surface area contributed by atoms with Crippen LogP contribution >= 0.6 is 0 Å². The SMILES string of the molecule is Cc1c(C(=O)NC2CCCC(C(=O)NC(C)C)C2)cnn1-c1ccc(C(F)(F)F)cn1. The van der Waals surface area contributed by atoms with Crippen molar-refractivity contribution in [1.82, 2.24) is 25.4 Å². The fourth-order valence-corrected chi connectivity index (χ4v) is 3.77. The predicted octanol–water partition coefficient (Wildman–Crippen LogP) is 3.41. The number of carbonyl (C=O) groups excluding carboxylic acids is 2. The summed E-state index contributed by atoms with van der Waals surface area (Å²) in [5, 5.41) is 10.0. The molecule has 0 aliphatic heterocycles. The van der Waals surface area contributed by atoms with Crippen LogP contribution in [0.15, 0.2) is 24.5 Å². The van der Waals surface area contributed by atoms with E-state index in [1.54, 1.807) is 6.92 Å². The summed E-state index contributed by atoms with van der Waals surface area (Å²) in [4.78, 5) is 28.9. The maximum absolute atomic E-state index is 12.8. The van der Waals surface area contributed by atoms with Crippen LogP contribution in [0.5, 0.6) is 0 Å². The van der Waals surface area contributed by atoms with Gasteiger partial charge in [0.05, 0.1) is 23.0 Å². The van der Waals surface area contributed by atoms with Gasteiger partial charge in [0.1, 0.15) is 0 Å². The number of nitrogens with zero attached hydrogens (tertiary/aromatic N) is 3. The summed E-state index contributed by atoms with van der Waals surface area (Å²) in [6, 6.07) is 2.07. The van der Waals surface area contributed by atoms with Crippen LogP contribution in [0.1, 0.15) is 61.1 Å². The molecule has 2 aromatic rings. The van der Waals surface area contributed by atoms with Gasteiger partial charge in [0.25, 0.3) is 5.91 Å². The molecule has 2 unspecified atom stereocenters. The maximum atomic E-state index is 12.8. The molecular formula is C21H26F3N5O2. The zero-order valence-corrected chi connectivity index (χ0v) is 17.7. The van der Waals surface area contributed by atoms with Crippen molar-refractivity contribution in [3.05, 3.63) is 41.3 Å². The molecule has 1 aliphatic rings. The Balaban J connectivity index is 1.68. The molecule has 2 heterocycles. The largest absolute Gasteiger partial charge is 0.417 e. The number of aromatic nitrogens is 3. The molecular weight excluding hydrogens is 411 g/mol. The highest BCUT2D eigenvalue weighted by molar-refractivity contribution is 5.95. The predicted molar refractivity (Wildman–Crippen MR) is 108 cm³/mol. The average molecular weight is 437 g/mol. The molecule has 1 aliphatic carbocycles. The van der Waals surface area contributed by atoms with E-state index in [9.17, 15) is 22.8 Å². The van der Waals surface area contributed by atoms with Crippen LogP contribution in [0.25, 0.3) is 5.82 Å². The van der Waals surface area contributed by atoms with Crippen molar-refractivity contribution in [3.63, 3.8) is 0 Å². The van der Waals surface area contributed by atoms with Gasteiger partial charge in [-0.1, -0.05) is 6.42 Å². The Hall–Kier alpha value is -2.91. The van der Waals surface area contributed by atoms with Crippen LogP contribution in [0.3, 0.4) is 0 Å². The summed E-state index contributed by atoms with van der Waals surface area (Å²) in [5.74, 6) is -0.272. The van der Waals surface area contributed by atoms with Crippen molar-refractivity contribution in [2.75, 3.05) is 0 Å². The lowest BCUT2D eigenvalue weighted by molar-refractivity contribution is -0.137. The normalized spacial score (nSPS) is 19.3. The lowest BCUT2D eigenvalue weighted by Gasteiger charge is -2.29. The second-order valence-electron chi connectivity index (χ2n) is 8.16. The molecule has 2 amide bonds. The first-order chi connectivity index (χ1) is 14.6. The highest BCUT2D eigenvalue weighted by atomic mass is 19.4. The topological polar surface area (TPSA) is 88.9 Å². The summed E-state index contributed by atoms with van der Waals surface area (Å²) in [7, 11) is 0. The number of alkyl halides is 3. The number of carbonyl (C=O) groups is 2. The van der Waals surface area contributed by atoms with E-state index in [-0.39, 0.29) is 35.6 Å². The number of nitrogens with one attached hydrogen (secondary N) is 2. The van der Waals surface area contributed by atoms with Crippen LogP contribution in [0.2, 0.25) is 0 Å². The van der Waals surface area contributed by atoms with E-state index < -0.39 is 11.7 Å². The van der Waals surface area contributed by atoms with Crippen LogP contribution in [-0.4, -0.2) is 38.7 Å². The Morgan fingerprint density at radius 2 is 1.94 bits per heavy atom. The number of rotatable bonds is 5. The van der Waals surface area contributed by atoms with Gasteiger partial charge in [-0.05, 0) is 52.2 Å². The van der Waals surface area contributed by atoms with Crippen molar-refractivity contribution in [3.8, 4) is 5.82 Å². The Labute approximate surface area is 178 Å². The average Bonchev–Trinajstić information content (AvgIpc) is 3.08. The van der Waals surface area contributed by atoms with Crippen molar-refractivity contribution < 1.29 is 22.8 Å². The molecule has 0 radical (unpaired) electrons. The summed E-state index contributed by atoms with van der Waals surface area (Å²) in [6.07, 6.45) is 0.620. The molecule has 31 heavy (non-hydrogen) atoms. The van der Waals surface area contributed by atoms with E-state index >= 15 is 0 Å². The van der Waals surface area contributed by atoms with E-state index in [1.807, 2.05) is 13.8 Å². The van der Waals surface area contributed by atoms with Gasteiger partial charge in [-0.3, -0.25) is 9.59 Å². The lowest BCUT2D eigenvalue weighted by Crippen LogP contribution is -2.43. The molecule has 7 nitrogen and oxygen atoms in total. The highest BCUT2D eigenvalue weighted by Crippen LogP contribution is 2.29. The number of halogens is 3.